The van der Waals surface area contributed by atoms with Gasteiger partial charge in [0.25, 0.3) is 0 Å². The molecule has 5 rings (SSSR count). The van der Waals surface area contributed by atoms with Crippen molar-refractivity contribution in [1.82, 2.24) is 9.80 Å². The Kier molecular flexibility index (Phi) is 22.2. The number of nitrogens with zero attached hydrogens (tertiary/aromatic N) is 2. The van der Waals surface area contributed by atoms with Gasteiger partial charge in [0.05, 0.1) is 6.61 Å². The van der Waals surface area contributed by atoms with Crippen molar-refractivity contribution < 1.29 is 52.4 Å². The Labute approximate surface area is 389 Å². The molecular weight excluding hydrogens is 850 g/mol. The smallest absolute Gasteiger partial charge is 0.323 e. The van der Waals surface area contributed by atoms with Crippen molar-refractivity contribution in [2.75, 3.05) is 32.8 Å². The molecule has 0 bridgehead atoms. The monoisotopic (exact) mass is 923 g/mol. The third-order valence-electron chi connectivity index (χ3n) is 13.5. The van der Waals surface area contributed by atoms with Crippen molar-refractivity contribution in [2.24, 2.45) is 10.8 Å². The van der Waals surface area contributed by atoms with Crippen LogP contribution in [0.2, 0.25) is 0 Å². The number of carboxylic acid groups (broad SMARTS) is 3. The molecule has 0 saturated carbocycles. The van der Waals surface area contributed by atoms with E-state index in [0.29, 0.717) is 50.3 Å². The van der Waals surface area contributed by atoms with Gasteiger partial charge in [0.15, 0.2) is 22.5 Å². The molecule has 3 N–H and O–H groups in total. The lowest BCUT2D eigenvalue weighted by atomic mass is 9.78. The van der Waals surface area contributed by atoms with Crippen LogP contribution in [0, 0.1) is 28.3 Å². The van der Waals surface area contributed by atoms with Gasteiger partial charge in [-0.25, -0.2) is 13.2 Å². The number of hydrogen-bond donors (Lipinski definition) is 3. The molecule has 0 amide bonds. The van der Waals surface area contributed by atoms with E-state index in [1.54, 1.807) is 25.1 Å². The highest BCUT2D eigenvalue weighted by atomic mass is 19.2. The summed E-state index contributed by atoms with van der Waals surface area (Å²) in [6.45, 7) is 8.10. The van der Waals surface area contributed by atoms with E-state index in [0.717, 1.165) is 36.8 Å². The second kappa shape index (κ2) is 27.2. The fraction of sp³-hybridized carbons (Fsp3) is 0.585. The highest BCUT2D eigenvalue weighted by Crippen LogP contribution is 2.36. The van der Waals surface area contributed by atoms with Crippen LogP contribution >= 0.6 is 0 Å². The first-order valence-corrected chi connectivity index (χ1v) is 24.4. The van der Waals surface area contributed by atoms with Crippen molar-refractivity contribution in [3.63, 3.8) is 0 Å². The predicted molar refractivity (Wildman–Crippen MR) is 250 cm³/mol. The third kappa shape index (κ3) is 15.1. The molecule has 2 aliphatic heterocycles. The second-order valence-corrected chi connectivity index (χ2v) is 18.3. The number of ether oxygens (including phenoxy) is 1. The van der Waals surface area contributed by atoms with Crippen LogP contribution in [0.25, 0.3) is 11.1 Å². The number of halogens is 3. The van der Waals surface area contributed by atoms with Gasteiger partial charge >= 0.3 is 23.9 Å². The van der Waals surface area contributed by atoms with Gasteiger partial charge in [0, 0.05) is 50.4 Å². The van der Waals surface area contributed by atoms with Crippen LogP contribution in [0.5, 0.6) is 0 Å². The lowest BCUT2D eigenvalue weighted by Gasteiger charge is -2.37. The van der Waals surface area contributed by atoms with Crippen LogP contribution in [-0.4, -0.2) is 81.8 Å². The molecule has 2 fully saturated rings. The lowest BCUT2D eigenvalue weighted by molar-refractivity contribution is -0.173. The van der Waals surface area contributed by atoms with Crippen LogP contribution in [0.15, 0.2) is 54.6 Å². The molecule has 13 heteroatoms. The Hall–Kier alpha value is -4.75. The van der Waals surface area contributed by atoms with Crippen molar-refractivity contribution >= 4 is 23.9 Å². The summed E-state index contributed by atoms with van der Waals surface area (Å²) in [4.78, 5) is 50.7. The van der Waals surface area contributed by atoms with E-state index in [4.69, 9.17) is 4.74 Å². The highest BCUT2D eigenvalue weighted by molar-refractivity contribution is 5.99. The molecule has 0 unspecified atom stereocenters. The van der Waals surface area contributed by atoms with Gasteiger partial charge in [-0.1, -0.05) is 133 Å². The van der Waals surface area contributed by atoms with Gasteiger partial charge in [0.2, 0.25) is 0 Å². The largest absolute Gasteiger partial charge is 0.480 e. The maximum atomic E-state index is 14.9. The number of rotatable bonds is 25. The molecule has 10 nitrogen and oxygen atoms in total. The number of aryl methyl sites for hydroxylation is 2. The first kappa shape index (κ1) is 53.9. The van der Waals surface area contributed by atoms with Gasteiger partial charge in [0.1, 0.15) is 5.82 Å². The molecule has 0 spiro atoms. The Morgan fingerprint density at radius 3 is 1.52 bits per heavy atom. The molecular formula is C53H73F3N2O8. The van der Waals surface area contributed by atoms with Gasteiger partial charge < -0.3 is 20.1 Å². The minimum absolute atomic E-state index is 0.0448. The Bertz CT molecular complexity index is 1990. The molecule has 3 aromatic carbocycles. The number of carbonyl (C=O) groups excluding carboxylic acids is 1. The van der Waals surface area contributed by atoms with Crippen LogP contribution in [-0.2, 0) is 49.8 Å². The molecule has 2 saturated heterocycles. The van der Waals surface area contributed by atoms with E-state index in [1.165, 1.54) is 75.8 Å². The summed E-state index contributed by atoms with van der Waals surface area (Å²) in [6.07, 6.45) is 17.3. The number of esters is 1. The van der Waals surface area contributed by atoms with Crippen molar-refractivity contribution in [2.45, 2.75) is 156 Å². The first-order valence-electron chi connectivity index (χ1n) is 24.4. The second-order valence-electron chi connectivity index (χ2n) is 18.3. The summed E-state index contributed by atoms with van der Waals surface area (Å²) in [5.41, 5.74) is 0.860. The van der Waals surface area contributed by atoms with E-state index in [1.807, 2.05) is 28.0 Å². The van der Waals surface area contributed by atoms with Gasteiger partial charge in [-0.2, -0.15) is 0 Å². The Morgan fingerprint density at radius 1 is 0.545 bits per heavy atom. The fourth-order valence-corrected chi connectivity index (χ4v) is 9.05. The van der Waals surface area contributed by atoms with E-state index in [-0.39, 0.29) is 50.2 Å². The standard InChI is InChI=1S/C27H34FNO4.C26H39F2NO4/c1-2-3-4-5-6-7-20-8-11-22(12-9-20)23-13-10-21(18-24(23)28)19-29-16-14-27(15-17-29,25(30)31)26(32)33;1-3-5-6-7-8-9-10-11-12-20-13-14-21(23(28)22(20)27)19-29-17-15-26(16-18-29,24(30)31)25(32)33-4-2/h8-13,18H,2-7,14-17,19H2,1H3,(H,30,31)(H,32,33);13-14H,3-12,15-19H2,1-2H3,(H,30,31). The fourth-order valence-electron chi connectivity index (χ4n) is 9.05. The number of unbranched alkanes of at least 4 members (excludes halogenated alkanes) is 11. The summed E-state index contributed by atoms with van der Waals surface area (Å²) in [5.74, 6) is -6.38. The number of benzene rings is 3. The SMILES string of the molecule is CCCCCCCCCCc1ccc(CN2CCC(C(=O)O)(C(=O)OCC)CC2)c(F)c1F.CCCCCCCc1ccc(-c2ccc(CN3CCC(C(=O)O)(C(=O)O)CC3)cc2F)cc1. The molecule has 0 aromatic heterocycles. The number of piperidine rings is 2. The van der Waals surface area contributed by atoms with Gasteiger partial charge in [-0.15, -0.1) is 0 Å². The molecule has 0 radical (unpaired) electrons. The predicted octanol–water partition coefficient (Wildman–Crippen LogP) is 11.6. The highest BCUT2D eigenvalue weighted by Gasteiger charge is 2.50. The minimum atomic E-state index is -1.72. The number of hydrogen-bond acceptors (Lipinski definition) is 7. The maximum absolute atomic E-state index is 14.9. The quantitative estimate of drug-likeness (QED) is 0.0427. The zero-order chi connectivity index (χ0) is 48.1. The topological polar surface area (TPSA) is 145 Å². The molecule has 2 aliphatic rings. The van der Waals surface area contributed by atoms with Gasteiger partial charge in [-0.3, -0.25) is 29.0 Å². The first-order chi connectivity index (χ1) is 31.7. The summed E-state index contributed by atoms with van der Waals surface area (Å²) in [6, 6.07) is 16.6. The van der Waals surface area contributed by atoms with E-state index < -0.39 is 46.3 Å². The van der Waals surface area contributed by atoms with Crippen molar-refractivity contribution in [3.05, 3.63) is 94.3 Å². The average molecular weight is 923 g/mol. The number of carbonyl (C=O) groups is 4. The summed E-state index contributed by atoms with van der Waals surface area (Å²) in [5, 5.41) is 28.3. The average Bonchev–Trinajstić information content (AvgIpc) is 3.30. The third-order valence-corrected chi connectivity index (χ3v) is 13.5. The number of likely N-dealkylation sites (tertiary alicyclic amines) is 2. The van der Waals surface area contributed by atoms with E-state index in [2.05, 4.69) is 26.0 Å². The van der Waals surface area contributed by atoms with E-state index >= 15 is 0 Å². The van der Waals surface area contributed by atoms with Crippen molar-refractivity contribution in [3.8, 4) is 11.1 Å². The van der Waals surface area contributed by atoms with Crippen LogP contribution in [0.4, 0.5) is 13.2 Å². The van der Waals surface area contributed by atoms with Gasteiger partial charge in [-0.05, 0) is 86.6 Å². The van der Waals surface area contributed by atoms with Crippen LogP contribution < -0.4 is 0 Å². The summed E-state index contributed by atoms with van der Waals surface area (Å²) < 4.78 is 49.2. The molecule has 0 atom stereocenters. The maximum Gasteiger partial charge on any atom is 0.323 e. The molecule has 66 heavy (non-hydrogen) atoms. The number of carboxylic acids is 3. The molecule has 364 valence electrons. The zero-order valence-corrected chi connectivity index (χ0v) is 39.5. The molecule has 0 aliphatic carbocycles. The Balaban J connectivity index is 0.000000289. The Morgan fingerprint density at radius 2 is 1.00 bits per heavy atom. The summed E-state index contributed by atoms with van der Waals surface area (Å²) in [7, 11) is 0. The zero-order valence-electron chi connectivity index (χ0n) is 39.5. The lowest BCUT2D eigenvalue weighted by Crippen LogP contribution is -2.49. The van der Waals surface area contributed by atoms with Crippen molar-refractivity contribution in [1.29, 1.82) is 0 Å². The summed E-state index contributed by atoms with van der Waals surface area (Å²) >= 11 is 0. The van der Waals surface area contributed by atoms with Crippen LogP contribution in [0.1, 0.15) is 152 Å². The van der Waals surface area contributed by atoms with E-state index in [9.17, 15) is 47.7 Å². The van der Waals surface area contributed by atoms with Crippen LogP contribution in [0.3, 0.4) is 0 Å². The minimum Gasteiger partial charge on any atom is -0.480 e. The molecule has 2 heterocycles. The molecule has 3 aromatic rings. The number of aliphatic carboxylic acids is 3. The normalized spacial score (nSPS) is 16.0.